The van der Waals surface area contributed by atoms with Gasteiger partial charge in [0.05, 0.1) is 11.3 Å². The van der Waals surface area contributed by atoms with E-state index in [4.69, 9.17) is 4.74 Å². The van der Waals surface area contributed by atoms with Gasteiger partial charge in [0.1, 0.15) is 0 Å². The molecular weight excluding hydrogens is 332 g/mol. The second-order valence-corrected chi connectivity index (χ2v) is 6.62. The topological polar surface area (TPSA) is 81.2 Å². The fourth-order valence-corrected chi connectivity index (χ4v) is 3.50. The molecule has 1 N–H and O–H groups in total. The molecule has 2 heterocycles. The number of hydrogen-bond acceptors (Lipinski definition) is 4. The largest absolute Gasteiger partial charge is 0.451 e. The Morgan fingerprint density at radius 3 is 2.27 bits per heavy atom. The fourth-order valence-electron chi connectivity index (χ4n) is 3.50. The maximum absolute atomic E-state index is 12.7. The number of hydrogen-bond donors (Lipinski definition) is 1. The lowest BCUT2D eigenvalue weighted by Gasteiger charge is -2.12. The highest BCUT2D eigenvalue weighted by molar-refractivity contribution is 6.05. The van der Waals surface area contributed by atoms with Crippen molar-refractivity contribution in [2.75, 3.05) is 0 Å². The van der Waals surface area contributed by atoms with Gasteiger partial charge in [0.25, 0.3) is 0 Å². The van der Waals surface area contributed by atoms with E-state index in [1.807, 2.05) is 25.3 Å². The number of aromatic nitrogens is 2. The summed E-state index contributed by atoms with van der Waals surface area (Å²) in [6.07, 6.45) is -0.955. The van der Waals surface area contributed by atoms with Crippen molar-refractivity contribution in [1.29, 1.82) is 0 Å². The predicted molar refractivity (Wildman–Crippen MR) is 99.1 cm³/mol. The molecule has 0 aliphatic carbocycles. The number of nitrogens with zero attached hydrogens (tertiary/aromatic N) is 1. The molecule has 0 radical (unpaired) electrons. The minimum atomic E-state index is -0.955. The quantitative estimate of drug-likeness (QED) is 0.630. The van der Waals surface area contributed by atoms with Crippen LogP contribution in [-0.2, 0) is 11.3 Å². The number of aromatic amines is 1. The van der Waals surface area contributed by atoms with E-state index in [2.05, 4.69) is 4.98 Å². The first kappa shape index (κ1) is 19.7. The van der Waals surface area contributed by atoms with Gasteiger partial charge in [-0.15, -0.1) is 0 Å². The van der Waals surface area contributed by atoms with Gasteiger partial charge >= 0.3 is 5.97 Å². The molecule has 6 heteroatoms. The Labute approximate surface area is 153 Å². The molecule has 1 atom stereocenters. The molecule has 140 valence electrons. The van der Waals surface area contributed by atoms with Crippen molar-refractivity contribution in [2.24, 2.45) is 0 Å². The van der Waals surface area contributed by atoms with Crippen molar-refractivity contribution < 1.29 is 19.1 Å². The van der Waals surface area contributed by atoms with Gasteiger partial charge in [-0.3, -0.25) is 9.59 Å². The van der Waals surface area contributed by atoms with Gasteiger partial charge in [-0.05, 0) is 60.1 Å². The molecular formula is C20H26N2O4. The molecule has 2 aromatic heterocycles. The zero-order chi connectivity index (χ0) is 19.8. The molecule has 0 amide bonds. The van der Waals surface area contributed by atoms with E-state index >= 15 is 0 Å². The molecule has 0 bridgehead atoms. The van der Waals surface area contributed by atoms with Crippen LogP contribution >= 0.6 is 0 Å². The Bertz CT molecular complexity index is 886. The summed E-state index contributed by atoms with van der Waals surface area (Å²) in [7, 11) is 0. The van der Waals surface area contributed by atoms with E-state index in [1.54, 1.807) is 26.8 Å². The summed E-state index contributed by atoms with van der Waals surface area (Å²) in [6.45, 7) is 13.0. The summed E-state index contributed by atoms with van der Waals surface area (Å²) in [5.41, 5.74) is 4.31. The molecule has 0 aliphatic heterocycles. The lowest BCUT2D eigenvalue weighted by molar-refractivity contribution is 0.0316. The fraction of sp³-hybridized carbons (Fsp3) is 0.450. The molecule has 0 spiro atoms. The molecule has 6 nitrogen and oxygen atoms in total. The summed E-state index contributed by atoms with van der Waals surface area (Å²) in [6, 6.07) is 1.77. The SMILES string of the molecule is CCn1c(C)cc(C(=O)OC(C)C(=O)c2[nH]c(C)c(C(C)=O)c2C)c1C. The highest BCUT2D eigenvalue weighted by atomic mass is 16.5. The third kappa shape index (κ3) is 3.36. The summed E-state index contributed by atoms with van der Waals surface area (Å²) in [4.78, 5) is 39.9. The summed E-state index contributed by atoms with van der Waals surface area (Å²) < 4.78 is 7.42. The van der Waals surface area contributed by atoms with Crippen molar-refractivity contribution >= 4 is 17.5 Å². The van der Waals surface area contributed by atoms with E-state index in [0.29, 0.717) is 28.1 Å². The van der Waals surface area contributed by atoms with Gasteiger partial charge in [-0.2, -0.15) is 0 Å². The lowest BCUT2D eigenvalue weighted by Crippen LogP contribution is -2.25. The maximum Gasteiger partial charge on any atom is 0.340 e. The van der Waals surface area contributed by atoms with E-state index in [9.17, 15) is 14.4 Å². The van der Waals surface area contributed by atoms with Crippen molar-refractivity contribution in [1.82, 2.24) is 9.55 Å². The van der Waals surface area contributed by atoms with E-state index in [1.165, 1.54) is 6.92 Å². The van der Waals surface area contributed by atoms with E-state index in [0.717, 1.165) is 17.9 Å². The van der Waals surface area contributed by atoms with Gasteiger partial charge in [0, 0.05) is 29.2 Å². The van der Waals surface area contributed by atoms with Crippen molar-refractivity contribution in [2.45, 2.75) is 61.1 Å². The molecule has 0 aromatic carbocycles. The average molecular weight is 358 g/mol. The lowest BCUT2D eigenvalue weighted by atomic mass is 10.0. The Balaban J connectivity index is 2.24. The maximum atomic E-state index is 12.7. The summed E-state index contributed by atoms with van der Waals surface area (Å²) >= 11 is 0. The smallest absolute Gasteiger partial charge is 0.340 e. The molecule has 0 saturated carbocycles. The zero-order valence-corrected chi connectivity index (χ0v) is 16.4. The molecule has 0 aliphatic rings. The molecule has 1 unspecified atom stereocenters. The highest BCUT2D eigenvalue weighted by Crippen LogP contribution is 2.22. The number of ketones is 2. The predicted octanol–water partition coefficient (Wildman–Crippen LogP) is 3.70. The zero-order valence-electron chi connectivity index (χ0n) is 16.4. The molecule has 2 aromatic rings. The number of carbonyl (C=O) groups excluding carboxylic acids is 3. The van der Waals surface area contributed by atoms with Gasteiger partial charge in [-0.25, -0.2) is 4.79 Å². The van der Waals surface area contributed by atoms with Gasteiger partial charge in [-0.1, -0.05) is 0 Å². The van der Waals surface area contributed by atoms with Gasteiger partial charge < -0.3 is 14.3 Å². The monoisotopic (exact) mass is 358 g/mol. The number of rotatable bonds is 6. The number of nitrogens with one attached hydrogen (secondary N) is 1. The van der Waals surface area contributed by atoms with E-state index < -0.39 is 12.1 Å². The summed E-state index contributed by atoms with van der Waals surface area (Å²) in [5.74, 6) is -0.978. The van der Waals surface area contributed by atoms with Gasteiger partial charge in [0.2, 0.25) is 5.78 Å². The highest BCUT2D eigenvalue weighted by Gasteiger charge is 2.27. The standard InChI is InChI=1S/C20H26N2O4/c1-8-22-10(2)9-16(13(22)5)20(25)26-15(7)19(24)18-11(3)17(14(6)23)12(4)21-18/h9,15,21H,8H2,1-7H3. The average Bonchev–Trinajstić information content (AvgIpc) is 3.01. The Morgan fingerprint density at radius 1 is 1.19 bits per heavy atom. The number of aryl methyl sites for hydroxylation is 2. The van der Waals surface area contributed by atoms with Crippen LogP contribution in [0.4, 0.5) is 0 Å². The third-order valence-corrected chi connectivity index (χ3v) is 4.80. The Hall–Kier alpha value is -2.63. The van der Waals surface area contributed by atoms with Crippen LogP contribution in [0.1, 0.15) is 74.6 Å². The molecule has 0 saturated heterocycles. The number of ether oxygens (including phenoxy) is 1. The van der Waals surface area contributed by atoms with Crippen LogP contribution < -0.4 is 0 Å². The van der Waals surface area contributed by atoms with Crippen molar-refractivity contribution in [3.63, 3.8) is 0 Å². The van der Waals surface area contributed by atoms with Crippen molar-refractivity contribution in [3.8, 4) is 0 Å². The third-order valence-electron chi connectivity index (χ3n) is 4.80. The first-order valence-corrected chi connectivity index (χ1v) is 8.72. The number of carbonyl (C=O) groups is 3. The first-order valence-electron chi connectivity index (χ1n) is 8.72. The van der Waals surface area contributed by atoms with Crippen molar-refractivity contribution in [3.05, 3.63) is 45.5 Å². The van der Waals surface area contributed by atoms with Crippen LogP contribution in [0.5, 0.6) is 0 Å². The van der Waals surface area contributed by atoms with Crippen LogP contribution in [0.25, 0.3) is 0 Å². The van der Waals surface area contributed by atoms with Gasteiger partial charge in [0.15, 0.2) is 11.9 Å². The second kappa shape index (κ2) is 7.32. The minimum absolute atomic E-state index is 0.105. The van der Waals surface area contributed by atoms with Crippen LogP contribution in [0.3, 0.4) is 0 Å². The molecule has 2 rings (SSSR count). The van der Waals surface area contributed by atoms with E-state index in [-0.39, 0.29) is 11.6 Å². The van der Waals surface area contributed by atoms with Crippen LogP contribution in [0, 0.1) is 27.7 Å². The first-order chi connectivity index (χ1) is 12.1. The molecule has 26 heavy (non-hydrogen) atoms. The number of H-pyrrole nitrogens is 1. The second-order valence-electron chi connectivity index (χ2n) is 6.62. The molecule has 0 fully saturated rings. The Morgan fingerprint density at radius 2 is 1.81 bits per heavy atom. The van der Waals surface area contributed by atoms with Crippen LogP contribution in [0.15, 0.2) is 6.07 Å². The normalized spacial score (nSPS) is 12.1. The van der Waals surface area contributed by atoms with Crippen LogP contribution in [-0.4, -0.2) is 33.2 Å². The number of esters is 1. The Kier molecular flexibility index (Phi) is 5.54. The van der Waals surface area contributed by atoms with Crippen LogP contribution in [0.2, 0.25) is 0 Å². The minimum Gasteiger partial charge on any atom is -0.451 e. The summed E-state index contributed by atoms with van der Waals surface area (Å²) in [5, 5.41) is 0. The number of Topliss-reactive ketones (excluding diaryl/α,β-unsaturated/α-hetero) is 2.